The molecule has 2 aromatic carbocycles. The van der Waals surface area contributed by atoms with Crippen molar-refractivity contribution in [3.63, 3.8) is 0 Å². The number of benzene rings is 2. The Labute approximate surface area is 194 Å². The number of carboxylic acids is 1. The number of aryl methyl sites for hydroxylation is 1. The Balaban J connectivity index is 1.37. The zero-order valence-corrected chi connectivity index (χ0v) is 19.3. The second-order valence-electron chi connectivity index (χ2n) is 9.50. The Morgan fingerprint density at radius 2 is 1.82 bits per heavy atom. The molecule has 2 saturated heterocycles. The van der Waals surface area contributed by atoms with Crippen LogP contribution in [0.1, 0.15) is 46.8 Å². The summed E-state index contributed by atoms with van der Waals surface area (Å²) < 4.78 is 6.11. The first-order valence-corrected chi connectivity index (χ1v) is 11.5. The average Bonchev–Trinajstić information content (AvgIpc) is 2.79. The van der Waals surface area contributed by atoms with Crippen LogP contribution in [0, 0.1) is 12.8 Å². The van der Waals surface area contributed by atoms with Crippen molar-refractivity contribution in [2.24, 2.45) is 5.92 Å². The Kier molecular flexibility index (Phi) is 6.72. The van der Waals surface area contributed by atoms with E-state index in [0.29, 0.717) is 31.1 Å². The monoisotopic (exact) mass is 452 g/mol. The van der Waals surface area contributed by atoms with Gasteiger partial charge in [0.15, 0.2) is 0 Å². The van der Waals surface area contributed by atoms with E-state index in [1.807, 2.05) is 41.3 Å². The van der Waals surface area contributed by atoms with Crippen molar-refractivity contribution in [1.29, 1.82) is 0 Å². The van der Waals surface area contributed by atoms with Gasteiger partial charge in [-0.05, 0) is 68.5 Å². The number of morpholine rings is 1. The zero-order chi connectivity index (χ0) is 23.6. The molecule has 33 heavy (non-hydrogen) atoms. The molecule has 0 saturated carbocycles. The van der Waals surface area contributed by atoms with Crippen LogP contribution < -0.4 is 0 Å². The first-order chi connectivity index (χ1) is 15.7. The van der Waals surface area contributed by atoms with Gasteiger partial charge in [-0.1, -0.05) is 36.4 Å². The molecular weight excluding hydrogens is 420 g/mol. The number of likely N-dealkylation sites (tertiary alicyclic amines) is 1. The molecule has 2 aliphatic heterocycles. The fourth-order valence-corrected chi connectivity index (χ4v) is 5.09. The number of hydrogen-bond donors (Lipinski definition) is 2. The van der Waals surface area contributed by atoms with Crippen molar-refractivity contribution in [1.82, 2.24) is 9.80 Å². The lowest BCUT2D eigenvalue weighted by Gasteiger charge is -2.47. The number of rotatable bonds is 6. The van der Waals surface area contributed by atoms with Gasteiger partial charge < -0.3 is 19.8 Å². The fourth-order valence-electron chi connectivity index (χ4n) is 5.09. The van der Waals surface area contributed by atoms with Gasteiger partial charge >= 0.3 is 5.97 Å². The molecule has 0 radical (unpaired) electrons. The van der Waals surface area contributed by atoms with Gasteiger partial charge in [-0.25, -0.2) is 4.79 Å². The summed E-state index contributed by atoms with van der Waals surface area (Å²) in [6.45, 7) is 7.55. The Hall–Kier alpha value is -2.90. The highest BCUT2D eigenvalue weighted by molar-refractivity contribution is 5.91. The average molecular weight is 453 g/mol. The number of ether oxygens (including phenoxy) is 1. The van der Waals surface area contributed by atoms with Crippen LogP contribution in [0.4, 0.5) is 0 Å². The van der Waals surface area contributed by atoms with Gasteiger partial charge in [0.05, 0.1) is 12.1 Å². The van der Waals surface area contributed by atoms with Gasteiger partial charge in [-0.15, -0.1) is 0 Å². The molecule has 1 unspecified atom stereocenters. The summed E-state index contributed by atoms with van der Waals surface area (Å²) in [4.78, 5) is 28.1. The van der Waals surface area contributed by atoms with E-state index < -0.39 is 5.97 Å². The van der Waals surface area contributed by atoms with Gasteiger partial charge in [0, 0.05) is 13.1 Å². The number of aromatic carboxylic acids is 1. The second-order valence-corrected chi connectivity index (χ2v) is 9.50. The summed E-state index contributed by atoms with van der Waals surface area (Å²) >= 11 is 0. The van der Waals surface area contributed by atoms with Crippen molar-refractivity contribution in [2.45, 2.75) is 45.4 Å². The summed E-state index contributed by atoms with van der Waals surface area (Å²) in [5, 5.41) is 19.3. The maximum absolute atomic E-state index is 12.5. The third-order valence-electron chi connectivity index (χ3n) is 7.05. The number of carbonyl (C=O) groups is 2. The minimum Gasteiger partial charge on any atom is -0.507 e. The molecule has 0 bridgehead atoms. The Bertz CT molecular complexity index is 1020. The molecule has 2 aliphatic rings. The third kappa shape index (κ3) is 5.20. The summed E-state index contributed by atoms with van der Waals surface area (Å²) in [5.74, 6) is -0.906. The van der Waals surface area contributed by atoms with E-state index in [0.717, 1.165) is 37.1 Å². The summed E-state index contributed by atoms with van der Waals surface area (Å²) in [5.41, 5.74) is 2.16. The highest BCUT2D eigenvalue weighted by Gasteiger charge is 2.43. The number of amides is 1. The minimum absolute atomic E-state index is 0.0331. The maximum atomic E-state index is 12.5. The Morgan fingerprint density at radius 3 is 2.48 bits per heavy atom. The van der Waals surface area contributed by atoms with E-state index in [9.17, 15) is 19.8 Å². The lowest BCUT2D eigenvalue weighted by Crippen LogP contribution is -2.57. The highest BCUT2D eigenvalue weighted by Crippen LogP contribution is 2.35. The molecule has 0 spiro atoms. The minimum atomic E-state index is -1.12. The van der Waals surface area contributed by atoms with E-state index >= 15 is 0 Å². The maximum Gasteiger partial charge on any atom is 0.339 e. The lowest BCUT2D eigenvalue weighted by atomic mass is 9.80. The van der Waals surface area contributed by atoms with E-state index in [2.05, 4.69) is 11.8 Å². The van der Waals surface area contributed by atoms with Gasteiger partial charge in [0.25, 0.3) is 0 Å². The Morgan fingerprint density at radius 1 is 1.12 bits per heavy atom. The van der Waals surface area contributed by atoms with Crippen LogP contribution in [0.25, 0.3) is 0 Å². The molecule has 0 aliphatic carbocycles. The second kappa shape index (κ2) is 9.53. The molecular formula is C26H32N2O5. The molecule has 7 heteroatoms. The van der Waals surface area contributed by atoms with Gasteiger partial charge in [0.2, 0.25) is 5.91 Å². The van der Waals surface area contributed by atoms with Crippen LogP contribution in [0.5, 0.6) is 5.75 Å². The van der Waals surface area contributed by atoms with Crippen LogP contribution >= 0.6 is 0 Å². The number of carboxylic acid groups (broad SMARTS) is 1. The highest BCUT2D eigenvalue weighted by atomic mass is 16.5. The van der Waals surface area contributed by atoms with Crippen LogP contribution in [-0.4, -0.2) is 63.7 Å². The zero-order valence-electron chi connectivity index (χ0n) is 19.3. The van der Waals surface area contributed by atoms with Gasteiger partial charge in [0.1, 0.15) is 17.9 Å². The summed E-state index contributed by atoms with van der Waals surface area (Å²) in [7, 11) is 0. The number of nitrogens with zero attached hydrogens (tertiary/aromatic N) is 2. The summed E-state index contributed by atoms with van der Waals surface area (Å²) in [6.07, 6.45) is 1.90. The van der Waals surface area contributed by atoms with Crippen molar-refractivity contribution < 1.29 is 24.5 Å². The molecule has 1 amide bonds. The van der Waals surface area contributed by atoms with Crippen LogP contribution in [0.15, 0.2) is 42.5 Å². The molecule has 4 rings (SSSR count). The third-order valence-corrected chi connectivity index (χ3v) is 7.05. The number of aromatic hydroxyl groups is 1. The number of phenols is 1. The van der Waals surface area contributed by atoms with Gasteiger partial charge in [-0.3, -0.25) is 9.69 Å². The molecule has 2 N–H and O–H groups in total. The van der Waals surface area contributed by atoms with Crippen molar-refractivity contribution >= 4 is 11.9 Å². The number of hydrogen-bond acceptors (Lipinski definition) is 5. The van der Waals surface area contributed by atoms with E-state index in [4.69, 9.17) is 4.74 Å². The van der Waals surface area contributed by atoms with Gasteiger partial charge in [-0.2, -0.15) is 0 Å². The first kappa shape index (κ1) is 23.3. The molecule has 176 valence electrons. The fraction of sp³-hybridized carbons (Fsp3) is 0.462. The lowest BCUT2D eigenvalue weighted by molar-refractivity contribution is -0.174. The quantitative estimate of drug-likeness (QED) is 0.698. The number of piperidine rings is 1. The standard InChI is InChI=1S/C26H32N2O5/c1-18-12-20(13-22(24(18)30)25(31)32)14-27-10-8-21(9-11-27)26(2)17-28(23(29)16-33-26)15-19-6-4-3-5-7-19/h3-7,12-13,21,30H,8-11,14-17H2,1-2H3,(H,31,32). The molecule has 2 aromatic rings. The molecule has 2 fully saturated rings. The van der Waals surface area contributed by atoms with E-state index in [1.54, 1.807) is 13.0 Å². The predicted octanol–water partition coefficient (Wildman–Crippen LogP) is 3.43. The topological polar surface area (TPSA) is 90.3 Å². The van der Waals surface area contributed by atoms with Crippen molar-refractivity contribution in [3.8, 4) is 5.75 Å². The molecule has 0 aromatic heterocycles. The van der Waals surface area contributed by atoms with Crippen LogP contribution in [0.2, 0.25) is 0 Å². The smallest absolute Gasteiger partial charge is 0.339 e. The number of carbonyl (C=O) groups excluding carboxylic acids is 1. The predicted molar refractivity (Wildman–Crippen MR) is 124 cm³/mol. The SMILES string of the molecule is Cc1cc(CN2CCC(C3(C)CN(Cc4ccccc4)C(=O)CO3)CC2)cc(C(=O)O)c1O. The van der Waals surface area contributed by atoms with E-state index in [1.165, 1.54) is 0 Å². The first-order valence-electron chi connectivity index (χ1n) is 11.5. The van der Waals surface area contributed by atoms with Crippen LogP contribution in [-0.2, 0) is 22.6 Å². The van der Waals surface area contributed by atoms with Crippen LogP contribution in [0.3, 0.4) is 0 Å². The summed E-state index contributed by atoms with van der Waals surface area (Å²) in [6, 6.07) is 13.5. The molecule has 7 nitrogen and oxygen atoms in total. The normalized spacial score (nSPS) is 22.5. The van der Waals surface area contributed by atoms with Crippen molar-refractivity contribution in [3.05, 3.63) is 64.7 Å². The molecule has 2 heterocycles. The van der Waals surface area contributed by atoms with E-state index in [-0.39, 0.29) is 29.4 Å². The molecule has 1 atom stereocenters. The largest absolute Gasteiger partial charge is 0.507 e. The van der Waals surface area contributed by atoms with Crippen molar-refractivity contribution in [2.75, 3.05) is 26.2 Å².